The molecule has 1 aromatic carbocycles. The third-order valence-electron chi connectivity index (χ3n) is 2.05. The molecule has 0 aliphatic carbocycles. The van der Waals surface area contributed by atoms with E-state index in [1.807, 2.05) is 0 Å². The molecule has 1 rings (SSSR count). The van der Waals surface area contributed by atoms with Crippen LogP contribution in [-0.2, 0) is 0 Å². The van der Waals surface area contributed by atoms with Crippen LogP contribution in [0.25, 0.3) is 0 Å². The van der Waals surface area contributed by atoms with Crippen LogP contribution >= 0.6 is 11.6 Å². The van der Waals surface area contributed by atoms with Crippen molar-refractivity contribution in [2.24, 2.45) is 0 Å². The van der Waals surface area contributed by atoms with Crippen molar-refractivity contribution in [3.8, 4) is 0 Å². The van der Waals surface area contributed by atoms with Crippen LogP contribution in [0.3, 0.4) is 0 Å². The number of nitro benzene ring substituents is 1. The van der Waals surface area contributed by atoms with Crippen LogP contribution in [0.5, 0.6) is 0 Å². The molecule has 18 heavy (non-hydrogen) atoms. The molecule has 8 heteroatoms. The first-order chi connectivity index (χ1) is 8.43. The minimum atomic E-state index is -0.637. The molecule has 0 unspecified atom stereocenters. The van der Waals surface area contributed by atoms with Crippen molar-refractivity contribution in [3.63, 3.8) is 0 Å². The summed E-state index contributed by atoms with van der Waals surface area (Å²) in [4.78, 5) is 21.4. The Hall–Kier alpha value is -1.86. The summed E-state index contributed by atoms with van der Waals surface area (Å²) in [7, 11) is 0. The van der Waals surface area contributed by atoms with Crippen LogP contribution in [0.1, 0.15) is 6.92 Å². The zero-order chi connectivity index (χ0) is 13.7. The molecule has 98 valence electrons. The molecule has 0 radical (unpaired) electrons. The van der Waals surface area contributed by atoms with Crippen molar-refractivity contribution >= 4 is 29.0 Å². The number of nitrogens with one attached hydrogen (secondary N) is 2. The number of aliphatic hydroxyl groups is 1. The smallest absolute Gasteiger partial charge is 0.319 e. The molecule has 2 amide bonds. The largest absolute Gasteiger partial charge is 0.394 e. The molecule has 0 heterocycles. The third-order valence-corrected chi connectivity index (χ3v) is 2.37. The maximum Gasteiger partial charge on any atom is 0.319 e. The van der Waals surface area contributed by atoms with E-state index in [1.54, 1.807) is 6.92 Å². The second-order valence-electron chi connectivity index (χ2n) is 3.61. The van der Waals surface area contributed by atoms with E-state index in [-0.39, 0.29) is 23.0 Å². The Morgan fingerprint density at radius 1 is 1.61 bits per heavy atom. The van der Waals surface area contributed by atoms with E-state index in [0.717, 1.165) is 6.07 Å². The molecule has 3 N–H and O–H groups in total. The Labute approximate surface area is 108 Å². The van der Waals surface area contributed by atoms with Gasteiger partial charge in [0.25, 0.3) is 5.69 Å². The summed E-state index contributed by atoms with van der Waals surface area (Å²) in [6.07, 6.45) is 0. The quantitative estimate of drug-likeness (QED) is 0.574. The first-order valence-electron chi connectivity index (χ1n) is 5.06. The van der Waals surface area contributed by atoms with Gasteiger partial charge < -0.3 is 15.7 Å². The maximum absolute atomic E-state index is 11.4. The molecule has 0 aromatic heterocycles. The minimum Gasteiger partial charge on any atom is -0.394 e. The van der Waals surface area contributed by atoms with E-state index in [9.17, 15) is 14.9 Å². The number of benzene rings is 1. The first-order valence-corrected chi connectivity index (χ1v) is 5.44. The van der Waals surface area contributed by atoms with Crippen molar-refractivity contribution < 1.29 is 14.8 Å². The first kappa shape index (κ1) is 14.2. The average molecular weight is 274 g/mol. The predicted octanol–water partition coefficient (Wildman–Crippen LogP) is 1.75. The summed E-state index contributed by atoms with van der Waals surface area (Å²) in [5, 5.41) is 24.2. The molecule has 0 saturated heterocycles. The fourth-order valence-electron chi connectivity index (χ4n) is 1.17. The minimum absolute atomic E-state index is 0.00492. The van der Waals surface area contributed by atoms with Gasteiger partial charge in [-0.25, -0.2) is 4.79 Å². The van der Waals surface area contributed by atoms with E-state index in [2.05, 4.69) is 10.6 Å². The standard InChI is InChI=1S/C10H12ClN3O4/c1-6(5-15)12-10(16)13-7-2-3-8(11)9(4-7)14(17)18/h2-4,6,15H,5H2,1H3,(H2,12,13,16)/t6-/m1/s1. The molecule has 0 bridgehead atoms. The molecular weight excluding hydrogens is 262 g/mol. The second kappa shape index (κ2) is 6.18. The number of halogens is 1. The molecule has 0 spiro atoms. The number of aliphatic hydroxyl groups excluding tert-OH is 1. The van der Waals surface area contributed by atoms with E-state index in [1.165, 1.54) is 12.1 Å². The lowest BCUT2D eigenvalue weighted by atomic mass is 10.3. The fourth-order valence-corrected chi connectivity index (χ4v) is 1.35. The van der Waals surface area contributed by atoms with Gasteiger partial charge in [-0.2, -0.15) is 0 Å². The van der Waals surface area contributed by atoms with Crippen molar-refractivity contribution in [2.45, 2.75) is 13.0 Å². The lowest BCUT2D eigenvalue weighted by Gasteiger charge is -2.11. The van der Waals surface area contributed by atoms with E-state index in [0.29, 0.717) is 0 Å². The van der Waals surface area contributed by atoms with E-state index in [4.69, 9.17) is 16.7 Å². The zero-order valence-electron chi connectivity index (χ0n) is 9.51. The number of anilines is 1. The highest BCUT2D eigenvalue weighted by atomic mass is 35.5. The van der Waals surface area contributed by atoms with Gasteiger partial charge in [-0.05, 0) is 19.1 Å². The van der Waals surface area contributed by atoms with Crippen molar-refractivity contribution in [1.82, 2.24) is 5.32 Å². The SMILES string of the molecule is C[C@H](CO)NC(=O)Nc1ccc(Cl)c([N+](=O)[O-])c1. The number of carbonyl (C=O) groups excluding carboxylic acids is 1. The second-order valence-corrected chi connectivity index (χ2v) is 4.01. The average Bonchev–Trinajstić information content (AvgIpc) is 2.31. The molecular formula is C10H12ClN3O4. The summed E-state index contributed by atoms with van der Waals surface area (Å²) in [5.41, 5.74) is -0.0431. The van der Waals surface area contributed by atoms with Gasteiger partial charge >= 0.3 is 6.03 Å². The summed E-state index contributed by atoms with van der Waals surface area (Å²) in [6, 6.07) is 2.95. The number of hydrogen-bond donors (Lipinski definition) is 3. The van der Waals surface area contributed by atoms with Gasteiger partial charge in [0, 0.05) is 11.8 Å². The Morgan fingerprint density at radius 2 is 2.28 bits per heavy atom. The van der Waals surface area contributed by atoms with Crippen LogP contribution in [0.2, 0.25) is 5.02 Å². The number of carbonyl (C=O) groups is 1. The normalized spacial score (nSPS) is 11.7. The summed E-state index contributed by atoms with van der Waals surface area (Å²) in [6.45, 7) is 1.41. The summed E-state index contributed by atoms with van der Waals surface area (Å²) >= 11 is 5.63. The van der Waals surface area contributed by atoms with Gasteiger partial charge in [0.1, 0.15) is 5.02 Å². The van der Waals surface area contributed by atoms with Gasteiger partial charge in [0.05, 0.1) is 17.6 Å². The number of nitro groups is 1. The van der Waals surface area contributed by atoms with E-state index >= 15 is 0 Å². The maximum atomic E-state index is 11.4. The number of amides is 2. The monoisotopic (exact) mass is 273 g/mol. The highest BCUT2D eigenvalue weighted by Gasteiger charge is 2.14. The number of nitrogens with zero attached hydrogens (tertiary/aromatic N) is 1. The predicted molar refractivity (Wildman–Crippen MR) is 66.8 cm³/mol. The van der Waals surface area contributed by atoms with Gasteiger partial charge in [-0.1, -0.05) is 11.6 Å². The number of rotatable bonds is 4. The van der Waals surface area contributed by atoms with Gasteiger partial charge in [0.2, 0.25) is 0 Å². The molecule has 0 aliphatic heterocycles. The molecule has 0 aliphatic rings. The van der Waals surface area contributed by atoms with Crippen LogP contribution in [0.15, 0.2) is 18.2 Å². The highest BCUT2D eigenvalue weighted by molar-refractivity contribution is 6.32. The van der Waals surface area contributed by atoms with Crippen LogP contribution < -0.4 is 10.6 Å². The molecule has 1 aromatic rings. The molecule has 0 saturated carbocycles. The van der Waals surface area contributed by atoms with Gasteiger partial charge in [-0.3, -0.25) is 10.1 Å². The highest BCUT2D eigenvalue weighted by Crippen LogP contribution is 2.27. The Balaban J connectivity index is 2.76. The van der Waals surface area contributed by atoms with Crippen LogP contribution in [0, 0.1) is 10.1 Å². The Kier molecular flexibility index (Phi) is 4.87. The third kappa shape index (κ3) is 3.86. The molecule has 7 nitrogen and oxygen atoms in total. The van der Waals surface area contributed by atoms with Gasteiger partial charge in [0.15, 0.2) is 0 Å². The van der Waals surface area contributed by atoms with Crippen molar-refractivity contribution in [2.75, 3.05) is 11.9 Å². The summed E-state index contributed by atoms with van der Waals surface area (Å²) in [5.74, 6) is 0. The fraction of sp³-hybridized carbons (Fsp3) is 0.300. The van der Waals surface area contributed by atoms with Crippen LogP contribution in [0.4, 0.5) is 16.2 Å². The lowest BCUT2D eigenvalue weighted by molar-refractivity contribution is -0.384. The number of hydrogen-bond acceptors (Lipinski definition) is 4. The summed E-state index contributed by atoms with van der Waals surface area (Å²) < 4.78 is 0. The topological polar surface area (TPSA) is 104 Å². The van der Waals surface area contributed by atoms with Crippen LogP contribution in [-0.4, -0.2) is 28.7 Å². The van der Waals surface area contributed by atoms with Gasteiger partial charge in [-0.15, -0.1) is 0 Å². The van der Waals surface area contributed by atoms with E-state index < -0.39 is 17.0 Å². The van der Waals surface area contributed by atoms with Crippen molar-refractivity contribution in [3.05, 3.63) is 33.3 Å². The number of urea groups is 1. The Bertz CT molecular complexity index is 466. The molecule has 0 fully saturated rings. The van der Waals surface area contributed by atoms with Crippen molar-refractivity contribution in [1.29, 1.82) is 0 Å². The zero-order valence-corrected chi connectivity index (χ0v) is 10.3. The lowest BCUT2D eigenvalue weighted by Crippen LogP contribution is -2.38. The molecule has 1 atom stereocenters. The Morgan fingerprint density at radius 3 is 2.83 bits per heavy atom.